The molecule has 41 heavy (non-hydrogen) atoms. The molecule has 0 aromatic carbocycles. The Labute approximate surface area is 236 Å². The number of hydrogen-bond donors (Lipinski definition) is 1. The molecule has 1 saturated heterocycles. The van der Waals surface area contributed by atoms with Crippen LogP contribution in [0.1, 0.15) is 15.9 Å². The molecule has 6 heterocycles. The van der Waals surface area contributed by atoms with Gasteiger partial charge in [-0.2, -0.15) is 15.5 Å². The van der Waals surface area contributed by atoms with Gasteiger partial charge >= 0.3 is 0 Å². The van der Waals surface area contributed by atoms with Gasteiger partial charge in [0, 0.05) is 85.4 Å². The lowest BCUT2D eigenvalue weighted by Gasteiger charge is -2.21. The van der Waals surface area contributed by atoms with E-state index in [1.54, 1.807) is 33.7 Å². The molecule has 2 fully saturated rings. The fourth-order valence-electron chi connectivity index (χ4n) is 6.00. The van der Waals surface area contributed by atoms with Gasteiger partial charge in [0.25, 0.3) is 5.91 Å². The van der Waals surface area contributed by atoms with Crippen molar-refractivity contribution < 1.29 is 9.53 Å². The quantitative estimate of drug-likeness (QED) is 0.331. The lowest BCUT2D eigenvalue weighted by Crippen LogP contribution is -2.31. The van der Waals surface area contributed by atoms with Crippen molar-refractivity contribution in [3.63, 3.8) is 0 Å². The third kappa shape index (κ3) is 4.43. The summed E-state index contributed by atoms with van der Waals surface area (Å²) >= 11 is 0. The Balaban J connectivity index is 1.04. The Hall–Kier alpha value is -5.24. The van der Waals surface area contributed by atoms with Gasteiger partial charge in [-0.3, -0.25) is 9.48 Å². The summed E-state index contributed by atoms with van der Waals surface area (Å²) in [5.41, 5.74) is 5.56. The van der Waals surface area contributed by atoms with Crippen molar-refractivity contribution in [1.82, 2.24) is 34.7 Å². The number of aryl methyl sites for hydroxylation is 1. The minimum Gasteiger partial charge on any atom is -0.481 e. The molecule has 204 valence electrons. The average molecular weight is 546 g/mol. The number of nitriles is 1. The smallest absolute Gasteiger partial charge is 0.251 e. The molecule has 2 unspecified atom stereocenters. The molecule has 0 bridgehead atoms. The summed E-state index contributed by atoms with van der Waals surface area (Å²) in [6, 6.07) is 11.8. The van der Waals surface area contributed by atoms with E-state index in [0.29, 0.717) is 41.3 Å². The first-order chi connectivity index (χ1) is 20.0. The van der Waals surface area contributed by atoms with Gasteiger partial charge in [0.15, 0.2) is 0 Å². The summed E-state index contributed by atoms with van der Waals surface area (Å²) in [6.45, 7) is 2.50. The van der Waals surface area contributed by atoms with E-state index in [4.69, 9.17) is 9.72 Å². The monoisotopic (exact) mass is 545 g/mol. The highest BCUT2D eigenvalue weighted by atomic mass is 16.5. The Kier molecular flexibility index (Phi) is 5.89. The number of piperidine rings is 1. The average Bonchev–Trinajstić information content (AvgIpc) is 3.44. The van der Waals surface area contributed by atoms with Crippen LogP contribution in [-0.4, -0.2) is 62.0 Å². The fraction of sp³-hybridized carbons (Fsp3) is 0.267. The maximum atomic E-state index is 12.6. The van der Waals surface area contributed by atoms with Gasteiger partial charge in [-0.15, -0.1) is 0 Å². The third-order valence-electron chi connectivity index (χ3n) is 8.23. The van der Waals surface area contributed by atoms with Gasteiger partial charge in [0.05, 0.1) is 30.6 Å². The standard InChI is InChI=1S/C30H27N9O2/c1-37-14-22(12-35-37)20-7-23(29-21(9-31)11-36-39(29)15-20)19-3-4-27(33-10-19)38-16-25-24(26(25)17-38)13-34-30(40)18-5-6-32-28(8-18)41-2/h3-8,10-12,14-15,24-26H,13,16-17H2,1-2H3,(H,34,40). The third-order valence-corrected chi connectivity index (χ3v) is 8.23. The first kappa shape index (κ1) is 24.8. The van der Waals surface area contributed by atoms with Gasteiger partial charge < -0.3 is 15.0 Å². The van der Waals surface area contributed by atoms with Gasteiger partial charge in [-0.25, -0.2) is 14.5 Å². The van der Waals surface area contributed by atoms with E-state index >= 15 is 0 Å². The van der Waals surface area contributed by atoms with E-state index < -0.39 is 0 Å². The number of aromatic nitrogens is 6. The topological polar surface area (TPSA) is 126 Å². The van der Waals surface area contributed by atoms with Crippen molar-refractivity contribution in [3.05, 3.63) is 78.6 Å². The van der Waals surface area contributed by atoms with Gasteiger partial charge in [-0.05, 0) is 42.0 Å². The van der Waals surface area contributed by atoms with Gasteiger partial charge in [0.1, 0.15) is 11.9 Å². The molecule has 1 aliphatic carbocycles. The van der Waals surface area contributed by atoms with Crippen LogP contribution >= 0.6 is 0 Å². The minimum absolute atomic E-state index is 0.107. The molecule has 11 heteroatoms. The highest BCUT2D eigenvalue weighted by molar-refractivity contribution is 5.94. The zero-order valence-electron chi connectivity index (χ0n) is 22.6. The Morgan fingerprint density at radius 2 is 1.90 bits per heavy atom. The van der Waals surface area contributed by atoms with Crippen LogP contribution in [0.2, 0.25) is 0 Å². The minimum atomic E-state index is -0.107. The van der Waals surface area contributed by atoms with Crippen molar-refractivity contribution >= 4 is 17.2 Å². The van der Waals surface area contributed by atoms with Gasteiger partial charge in [0.2, 0.25) is 5.88 Å². The summed E-state index contributed by atoms with van der Waals surface area (Å²) in [4.78, 5) is 23.7. The number of carbonyl (C=O) groups excluding carboxylic acids is 1. The number of nitrogens with one attached hydrogen (secondary N) is 1. The predicted molar refractivity (Wildman–Crippen MR) is 151 cm³/mol. The molecule has 0 radical (unpaired) electrons. The maximum Gasteiger partial charge on any atom is 0.251 e. The predicted octanol–water partition coefficient (Wildman–Crippen LogP) is 3.18. The molecule has 1 amide bonds. The number of carbonyl (C=O) groups is 1. The highest BCUT2D eigenvalue weighted by Crippen LogP contribution is 2.52. The first-order valence-corrected chi connectivity index (χ1v) is 13.4. The molecule has 7 rings (SSSR count). The summed E-state index contributed by atoms with van der Waals surface area (Å²) in [5, 5.41) is 21.5. The van der Waals surface area contributed by atoms with Crippen molar-refractivity contribution in [2.75, 3.05) is 31.6 Å². The van der Waals surface area contributed by atoms with Crippen molar-refractivity contribution in [1.29, 1.82) is 5.26 Å². The number of nitrogens with zero attached hydrogens (tertiary/aromatic N) is 8. The molecule has 5 aromatic heterocycles. The molecule has 1 N–H and O–H groups in total. The Morgan fingerprint density at radius 3 is 2.61 bits per heavy atom. The second kappa shape index (κ2) is 9.75. The largest absolute Gasteiger partial charge is 0.481 e. The summed E-state index contributed by atoms with van der Waals surface area (Å²) < 4.78 is 8.63. The number of pyridine rings is 3. The fourth-order valence-corrected chi connectivity index (χ4v) is 6.00. The molecular formula is C30H27N9O2. The van der Waals surface area contributed by atoms with Crippen molar-refractivity contribution in [2.45, 2.75) is 0 Å². The molecule has 2 atom stereocenters. The molecule has 11 nitrogen and oxygen atoms in total. The number of methoxy groups -OCH3 is 1. The van der Waals surface area contributed by atoms with E-state index in [1.165, 1.54) is 7.11 Å². The number of hydrogen-bond acceptors (Lipinski definition) is 8. The molecular weight excluding hydrogens is 518 g/mol. The molecule has 2 aliphatic rings. The van der Waals surface area contributed by atoms with Crippen LogP contribution in [-0.2, 0) is 7.05 Å². The van der Waals surface area contributed by atoms with Crippen LogP contribution < -0.4 is 15.0 Å². The molecule has 1 saturated carbocycles. The molecule has 0 spiro atoms. The number of rotatable bonds is 7. The number of anilines is 1. The van der Waals surface area contributed by atoms with E-state index in [-0.39, 0.29) is 5.91 Å². The van der Waals surface area contributed by atoms with Crippen LogP contribution in [0.4, 0.5) is 5.82 Å². The second-order valence-electron chi connectivity index (χ2n) is 10.6. The zero-order valence-corrected chi connectivity index (χ0v) is 22.6. The van der Waals surface area contributed by atoms with Crippen LogP contribution in [0, 0.1) is 29.1 Å². The van der Waals surface area contributed by atoms with E-state index in [9.17, 15) is 10.1 Å². The summed E-state index contributed by atoms with van der Waals surface area (Å²) in [6.07, 6.45) is 10.7. The molecule has 5 aromatic rings. The lowest BCUT2D eigenvalue weighted by molar-refractivity contribution is 0.0950. The second-order valence-corrected chi connectivity index (χ2v) is 10.6. The normalized spacial score (nSPS) is 19.1. The first-order valence-electron chi connectivity index (χ1n) is 13.4. The van der Waals surface area contributed by atoms with Gasteiger partial charge in [-0.1, -0.05) is 0 Å². The zero-order chi connectivity index (χ0) is 28.1. The number of fused-ring (bicyclic) bond motifs is 2. The lowest BCUT2D eigenvalue weighted by atomic mass is 10.0. The molecule has 1 aliphatic heterocycles. The van der Waals surface area contributed by atoms with Crippen LogP contribution in [0.25, 0.3) is 27.8 Å². The van der Waals surface area contributed by atoms with Crippen molar-refractivity contribution in [2.24, 2.45) is 24.8 Å². The summed E-state index contributed by atoms with van der Waals surface area (Å²) in [5.74, 6) is 2.82. The SMILES string of the molecule is COc1cc(C(=O)NCC2C3CN(c4ccc(-c5cc(-c6cnn(C)c6)cn6ncc(C#N)c56)cn4)CC23)ccn1. The van der Waals surface area contributed by atoms with Crippen LogP contribution in [0.15, 0.2) is 67.5 Å². The van der Waals surface area contributed by atoms with Crippen LogP contribution in [0.3, 0.4) is 0 Å². The Bertz CT molecular complexity index is 1810. The summed E-state index contributed by atoms with van der Waals surface area (Å²) in [7, 11) is 3.42. The number of amides is 1. The van der Waals surface area contributed by atoms with Crippen LogP contribution in [0.5, 0.6) is 5.88 Å². The van der Waals surface area contributed by atoms with E-state index in [0.717, 1.165) is 46.7 Å². The maximum absolute atomic E-state index is 12.6. The van der Waals surface area contributed by atoms with E-state index in [1.807, 2.05) is 37.9 Å². The van der Waals surface area contributed by atoms with Crippen molar-refractivity contribution in [3.8, 4) is 34.2 Å². The highest BCUT2D eigenvalue weighted by Gasteiger charge is 2.55. The Morgan fingerprint density at radius 1 is 1.05 bits per heavy atom. The number of ether oxygens (including phenoxy) is 1. The van der Waals surface area contributed by atoms with E-state index in [2.05, 4.69) is 43.6 Å².